The molecule has 1 spiro atoms. The van der Waals surface area contributed by atoms with E-state index in [9.17, 15) is 4.79 Å². The maximum atomic E-state index is 12.0. The zero-order valence-electron chi connectivity index (χ0n) is 14.0. The quantitative estimate of drug-likeness (QED) is 0.683. The van der Waals surface area contributed by atoms with Gasteiger partial charge in [-0.05, 0) is 85.0 Å². The Balaban J connectivity index is 1.36. The molecule has 0 aromatic heterocycles. The van der Waals surface area contributed by atoms with Crippen LogP contribution in [0.25, 0.3) is 0 Å². The van der Waals surface area contributed by atoms with E-state index in [1.807, 2.05) is 0 Å². The fraction of sp³-hybridized carbons (Fsp3) is 0.857. The summed E-state index contributed by atoms with van der Waals surface area (Å²) >= 11 is 0. The van der Waals surface area contributed by atoms with Crippen molar-refractivity contribution in [3.8, 4) is 0 Å². The van der Waals surface area contributed by atoms with Gasteiger partial charge in [0.25, 0.3) is 0 Å². The molecule has 0 radical (unpaired) electrons. The van der Waals surface area contributed by atoms with Crippen molar-refractivity contribution in [1.82, 2.24) is 0 Å². The molecule has 2 heteroatoms. The van der Waals surface area contributed by atoms with Gasteiger partial charge in [0.1, 0.15) is 0 Å². The first kappa shape index (κ1) is 12.7. The summed E-state index contributed by atoms with van der Waals surface area (Å²) < 4.78 is 6.09. The first-order chi connectivity index (χ1) is 11.1. The summed E-state index contributed by atoms with van der Waals surface area (Å²) in [5.41, 5.74) is 2.54. The van der Waals surface area contributed by atoms with Gasteiger partial charge in [0.05, 0.1) is 12.7 Å². The molecule has 0 aromatic carbocycles. The third-order valence-corrected chi connectivity index (χ3v) is 9.72. The third-order valence-electron chi connectivity index (χ3n) is 9.72. The first-order valence-corrected chi connectivity index (χ1v) is 10.00. The van der Waals surface area contributed by atoms with Crippen molar-refractivity contribution in [2.24, 2.45) is 52.3 Å². The molecule has 10 atom stereocenters. The number of carbonyl (C=O) groups excluding carboxylic acids is 1. The van der Waals surface area contributed by atoms with Crippen LogP contribution in [0.15, 0.2) is 11.6 Å². The van der Waals surface area contributed by atoms with Crippen LogP contribution in [0.3, 0.4) is 0 Å². The number of ketones is 1. The Kier molecular flexibility index (Phi) is 1.93. The second kappa shape index (κ2) is 3.49. The maximum Gasteiger partial charge on any atom is 0.155 e. The van der Waals surface area contributed by atoms with Crippen LogP contribution in [0.2, 0.25) is 0 Å². The Hall–Kier alpha value is -0.630. The van der Waals surface area contributed by atoms with E-state index in [2.05, 4.69) is 13.0 Å². The number of rotatable bonds is 0. The summed E-state index contributed by atoms with van der Waals surface area (Å²) in [5, 5.41) is 0. The van der Waals surface area contributed by atoms with Crippen LogP contribution in [0.1, 0.15) is 45.4 Å². The first-order valence-electron chi connectivity index (χ1n) is 10.00. The van der Waals surface area contributed by atoms with Crippen molar-refractivity contribution in [3.05, 3.63) is 11.6 Å². The lowest BCUT2D eigenvalue weighted by molar-refractivity contribution is -0.237. The minimum Gasteiger partial charge on any atom is -0.377 e. The van der Waals surface area contributed by atoms with Gasteiger partial charge in [-0.3, -0.25) is 4.79 Å². The van der Waals surface area contributed by atoms with E-state index in [0.717, 1.165) is 60.9 Å². The van der Waals surface area contributed by atoms with Crippen LogP contribution in [0.5, 0.6) is 0 Å². The standard InChI is InChI=1S/C21H26O2/c1-20-4-2-10(22)6-16(20)11-7-12(11)17-15(20)3-5-21-9-23-19(21)14-8-13(14)18(17)21/h6,11-15,17-19H,2-5,7-9H2,1H3. The van der Waals surface area contributed by atoms with E-state index in [1.165, 1.54) is 25.7 Å². The molecule has 23 heavy (non-hydrogen) atoms. The smallest absolute Gasteiger partial charge is 0.155 e. The van der Waals surface area contributed by atoms with Gasteiger partial charge in [0.15, 0.2) is 5.78 Å². The van der Waals surface area contributed by atoms with E-state index in [-0.39, 0.29) is 0 Å². The molecule has 6 aliphatic carbocycles. The van der Waals surface area contributed by atoms with E-state index in [0.29, 0.717) is 22.7 Å². The number of hydrogen-bond donors (Lipinski definition) is 0. The molecular weight excluding hydrogens is 284 g/mol. The van der Waals surface area contributed by atoms with Gasteiger partial charge in [-0.1, -0.05) is 12.5 Å². The Morgan fingerprint density at radius 2 is 2.09 bits per heavy atom. The molecular formula is C21H26O2. The second-order valence-corrected chi connectivity index (χ2v) is 10.3. The van der Waals surface area contributed by atoms with Gasteiger partial charge in [0, 0.05) is 11.8 Å². The van der Waals surface area contributed by atoms with E-state index in [4.69, 9.17) is 4.74 Å². The highest BCUT2D eigenvalue weighted by Gasteiger charge is 2.78. The number of ether oxygens (including phenoxy) is 1. The average Bonchev–Trinajstić information content (AvgIpc) is 3.40. The molecule has 5 saturated carbocycles. The molecule has 6 fully saturated rings. The molecule has 0 aromatic rings. The van der Waals surface area contributed by atoms with Gasteiger partial charge in [-0.2, -0.15) is 0 Å². The predicted octanol–water partition coefficient (Wildman–Crippen LogP) is 3.61. The highest BCUT2D eigenvalue weighted by Crippen LogP contribution is 2.80. The number of fused-ring (bicyclic) bond motifs is 10. The van der Waals surface area contributed by atoms with E-state index >= 15 is 0 Å². The largest absolute Gasteiger partial charge is 0.377 e. The summed E-state index contributed by atoms with van der Waals surface area (Å²) in [6.45, 7) is 3.61. The van der Waals surface area contributed by atoms with Gasteiger partial charge in [-0.15, -0.1) is 0 Å². The molecule has 1 saturated heterocycles. The van der Waals surface area contributed by atoms with Gasteiger partial charge < -0.3 is 4.74 Å². The molecule has 122 valence electrons. The van der Waals surface area contributed by atoms with Crippen molar-refractivity contribution in [3.63, 3.8) is 0 Å². The number of hydrogen-bond acceptors (Lipinski definition) is 2. The Morgan fingerprint density at radius 1 is 1.17 bits per heavy atom. The van der Waals surface area contributed by atoms with Crippen LogP contribution >= 0.6 is 0 Å². The topological polar surface area (TPSA) is 26.3 Å². The van der Waals surface area contributed by atoms with Crippen LogP contribution < -0.4 is 0 Å². The normalized spacial score (nSPS) is 66.7. The third kappa shape index (κ3) is 1.21. The summed E-state index contributed by atoms with van der Waals surface area (Å²) in [4.78, 5) is 12.0. The van der Waals surface area contributed by atoms with Crippen molar-refractivity contribution in [2.45, 2.75) is 51.6 Å². The minimum atomic E-state index is 0.352. The molecule has 7 aliphatic rings. The number of carbonyl (C=O) groups is 1. The molecule has 0 N–H and O–H groups in total. The minimum absolute atomic E-state index is 0.352. The highest BCUT2D eigenvalue weighted by molar-refractivity contribution is 5.92. The molecule has 7 rings (SSSR count). The van der Waals surface area contributed by atoms with Gasteiger partial charge in [0.2, 0.25) is 0 Å². The van der Waals surface area contributed by atoms with Crippen molar-refractivity contribution < 1.29 is 9.53 Å². The van der Waals surface area contributed by atoms with E-state index < -0.39 is 0 Å². The van der Waals surface area contributed by atoms with Crippen LogP contribution in [-0.2, 0) is 9.53 Å². The van der Waals surface area contributed by atoms with Crippen molar-refractivity contribution in [2.75, 3.05) is 6.61 Å². The maximum absolute atomic E-state index is 12.0. The lowest BCUT2D eigenvalue weighted by Gasteiger charge is -2.62. The van der Waals surface area contributed by atoms with Gasteiger partial charge in [-0.25, -0.2) is 0 Å². The lowest BCUT2D eigenvalue weighted by Crippen LogP contribution is -2.61. The van der Waals surface area contributed by atoms with Gasteiger partial charge >= 0.3 is 0 Å². The molecule has 0 bridgehead atoms. The Bertz CT molecular complexity index is 679. The predicted molar refractivity (Wildman–Crippen MR) is 85.5 cm³/mol. The summed E-state index contributed by atoms with van der Waals surface area (Å²) in [6.07, 6.45) is 10.4. The second-order valence-electron chi connectivity index (χ2n) is 10.3. The van der Waals surface area contributed by atoms with Crippen molar-refractivity contribution in [1.29, 1.82) is 0 Å². The highest BCUT2D eigenvalue weighted by atomic mass is 16.5. The molecule has 1 heterocycles. The fourth-order valence-electron chi connectivity index (χ4n) is 8.74. The zero-order valence-corrected chi connectivity index (χ0v) is 14.0. The summed E-state index contributed by atoms with van der Waals surface area (Å²) in [6, 6.07) is 0. The average molecular weight is 310 g/mol. The Labute approximate surface area is 138 Å². The molecule has 0 amide bonds. The van der Waals surface area contributed by atoms with Crippen LogP contribution in [0, 0.1) is 52.3 Å². The lowest BCUT2D eigenvalue weighted by atomic mass is 9.45. The van der Waals surface area contributed by atoms with Crippen molar-refractivity contribution >= 4 is 5.78 Å². The summed E-state index contributed by atoms with van der Waals surface area (Å²) in [7, 11) is 0. The van der Waals surface area contributed by atoms with E-state index in [1.54, 1.807) is 5.57 Å². The summed E-state index contributed by atoms with van der Waals surface area (Å²) in [5.74, 6) is 6.86. The molecule has 2 nitrogen and oxygen atoms in total. The number of allylic oxidation sites excluding steroid dienone is 1. The molecule has 1 aliphatic heterocycles. The Morgan fingerprint density at radius 3 is 2.91 bits per heavy atom. The SMILES string of the molecule is CC12CCC(=O)C=C1C1CC1C1C2CCC23COC2C2CC2C13. The monoisotopic (exact) mass is 310 g/mol. The van der Waals surface area contributed by atoms with Crippen LogP contribution in [0.4, 0.5) is 0 Å². The fourth-order valence-corrected chi connectivity index (χ4v) is 8.74. The molecule has 10 unspecified atom stereocenters. The zero-order chi connectivity index (χ0) is 15.1. The van der Waals surface area contributed by atoms with Crippen LogP contribution in [-0.4, -0.2) is 18.5 Å².